The van der Waals surface area contributed by atoms with Crippen LogP contribution in [0.15, 0.2) is 27.5 Å². The lowest BCUT2D eigenvalue weighted by molar-refractivity contribution is 0.548. The van der Waals surface area contributed by atoms with Gasteiger partial charge < -0.3 is 9.73 Å². The van der Waals surface area contributed by atoms with Crippen molar-refractivity contribution in [2.75, 3.05) is 5.32 Å². The summed E-state index contributed by atoms with van der Waals surface area (Å²) in [6, 6.07) is 2.73. The third kappa shape index (κ3) is 2.99. The molecule has 0 saturated heterocycles. The van der Waals surface area contributed by atoms with Crippen molar-refractivity contribution in [2.45, 2.75) is 32.7 Å². The van der Waals surface area contributed by atoms with Gasteiger partial charge in [0.25, 0.3) is 0 Å². The molecule has 1 aromatic carbocycles. The van der Waals surface area contributed by atoms with Gasteiger partial charge in [0.05, 0.1) is 16.9 Å². The number of aryl methyl sites for hydroxylation is 1. The molecule has 0 bridgehead atoms. The van der Waals surface area contributed by atoms with Gasteiger partial charge in [-0.2, -0.15) is 5.10 Å². The molecule has 0 radical (unpaired) electrons. The van der Waals surface area contributed by atoms with E-state index in [1.165, 1.54) is 12.1 Å². The second-order valence-electron chi connectivity index (χ2n) is 6.62. The number of H-pyrrole nitrogens is 1. The van der Waals surface area contributed by atoms with Gasteiger partial charge in [0.15, 0.2) is 5.58 Å². The molecule has 0 saturated carbocycles. The van der Waals surface area contributed by atoms with Crippen molar-refractivity contribution in [2.24, 2.45) is 7.05 Å². The Labute approximate surface area is 132 Å². The molecule has 2 aromatic heterocycles. The Morgan fingerprint density at radius 1 is 1.39 bits per heavy atom. The topological polar surface area (TPSA) is 75.8 Å². The maximum Gasteiger partial charge on any atom is 0.417 e. The van der Waals surface area contributed by atoms with Gasteiger partial charge in [-0.15, -0.1) is 0 Å². The molecule has 0 aliphatic carbocycles. The van der Waals surface area contributed by atoms with Crippen LogP contribution in [0, 0.1) is 5.82 Å². The minimum absolute atomic E-state index is 0.103. The molecular weight excluding hydrogens is 299 g/mol. The Morgan fingerprint density at radius 2 is 2.13 bits per heavy atom. The number of halogens is 1. The predicted molar refractivity (Wildman–Crippen MR) is 86.0 cm³/mol. The molecule has 0 fully saturated rings. The van der Waals surface area contributed by atoms with Crippen molar-refractivity contribution in [3.63, 3.8) is 0 Å². The molecule has 122 valence electrons. The first-order chi connectivity index (χ1) is 10.7. The number of aromatic nitrogens is 3. The predicted octanol–water partition coefficient (Wildman–Crippen LogP) is 2.90. The van der Waals surface area contributed by atoms with E-state index >= 15 is 0 Å². The summed E-state index contributed by atoms with van der Waals surface area (Å²) < 4.78 is 20.8. The molecule has 0 spiro atoms. The van der Waals surface area contributed by atoms with Gasteiger partial charge in [-0.1, -0.05) is 20.8 Å². The molecule has 0 atom stereocenters. The van der Waals surface area contributed by atoms with E-state index < -0.39 is 11.6 Å². The summed E-state index contributed by atoms with van der Waals surface area (Å²) in [6.07, 6.45) is 1.92. The zero-order valence-corrected chi connectivity index (χ0v) is 13.5. The maximum atomic E-state index is 14.1. The first-order valence-electron chi connectivity index (χ1n) is 7.33. The SMILES string of the molecule is Cn1cc(CNc2cc3oc(=O)[nH]c3cc2F)c(C(C)(C)C)n1. The summed E-state index contributed by atoms with van der Waals surface area (Å²) in [4.78, 5) is 13.6. The van der Waals surface area contributed by atoms with Crippen molar-refractivity contribution >= 4 is 16.8 Å². The number of nitrogens with zero attached hydrogens (tertiary/aromatic N) is 2. The second-order valence-corrected chi connectivity index (χ2v) is 6.62. The van der Waals surface area contributed by atoms with Crippen molar-refractivity contribution in [1.29, 1.82) is 0 Å². The lowest BCUT2D eigenvalue weighted by Crippen LogP contribution is -2.16. The first-order valence-corrected chi connectivity index (χ1v) is 7.33. The number of aromatic amines is 1. The third-order valence-corrected chi connectivity index (χ3v) is 3.59. The second kappa shape index (κ2) is 5.26. The van der Waals surface area contributed by atoms with E-state index in [9.17, 15) is 9.18 Å². The van der Waals surface area contributed by atoms with Gasteiger partial charge in [0.1, 0.15) is 5.82 Å². The number of fused-ring (bicyclic) bond motifs is 1. The van der Waals surface area contributed by atoms with E-state index in [1.54, 1.807) is 4.68 Å². The van der Waals surface area contributed by atoms with Crippen LogP contribution in [-0.4, -0.2) is 14.8 Å². The van der Waals surface area contributed by atoms with E-state index in [-0.39, 0.29) is 11.1 Å². The quantitative estimate of drug-likeness (QED) is 0.778. The van der Waals surface area contributed by atoms with E-state index in [0.717, 1.165) is 11.3 Å². The Bertz CT molecular complexity index is 914. The first kappa shape index (κ1) is 15.3. The zero-order chi connectivity index (χ0) is 16.8. The maximum absolute atomic E-state index is 14.1. The number of hydrogen-bond acceptors (Lipinski definition) is 4. The Balaban J connectivity index is 1.89. The summed E-state index contributed by atoms with van der Waals surface area (Å²) in [5.74, 6) is -1.05. The number of oxazole rings is 1. The largest absolute Gasteiger partial charge is 0.417 e. The standard InChI is InChI=1S/C16H19FN4O2/c1-16(2,3)14-9(8-21(4)20-14)7-18-11-6-13-12(5-10(11)17)19-15(22)23-13/h5-6,8,18H,7H2,1-4H3,(H,19,22). The van der Waals surface area contributed by atoms with Crippen LogP contribution >= 0.6 is 0 Å². The highest BCUT2D eigenvalue weighted by Crippen LogP contribution is 2.26. The fourth-order valence-corrected chi connectivity index (χ4v) is 2.60. The number of anilines is 1. The average molecular weight is 318 g/mol. The summed E-state index contributed by atoms with van der Waals surface area (Å²) >= 11 is 0. The van der Waals surface area contributed by atoms with E-state index in [0.29, 0.717) is 17.6 Å². The molecule has 23 heavy (non-hydrogen) atoms. The fraction of sp³-hybridized carbons (Fsp3) is 0.375. The molecular formula is C16H19FN4O2. The van der Waals surface area contributed by atoms with Crippen molar-refractivity contribution in [3.8, 4) is 0 Å². The molecule has 0 unspecified atom stereocenters. The molecule has 0 aliphatic rings. The average Bonchev–Trinajstić information content (AvgIpc) is 2.97. The minimum Gasteiger partial charge on any atom is -0.408 e. The molecule has 3 rings (SSSR count). The normalized spacial score (nSPS) is 12.0. The van der Waals surface area contributed by atoms with E-state index in [1.807, 2.05) is 13.2 Å². The van der Waals surface area contributed by atoms with Gasteiger partial charge in [-0.05, 0) is 0 Å². The van der Waals surface area contributed by atoms with Crippen LogP contribution in [0.25, 0.3) is 11.1 Å². The number of hydrogen-bond donors (Lipinski definition) is 2. The highest BCUT2D eigenvalue weighted by atomic mass is 19.1. The fourth-order valence-electron chi connectivity index (χ4n) is 2.60. The van der Waals surface area contributed by atoms with Crippen LogP contribution in [0.2, 0.25) is 0 Å². The third-order valence-electron chi connectivity index (χ3n) is 3.59. The summed E-state index contributed by atoms with van der Waals surface area (Å²) in [5.41, 5.74) is 2.80. The lowest BCUT2D eigenvalue weighted by atomic mass is 9.89. The Kier molecular flexibility index (Phi) is 3.50. The monoisotopic (exact) mass is 318 g/mol. The highest BCUT2D eigenvalue weighted by molar-refractivity contribution is 5.77. The van der Waals surface area contributed by atoms with Gasteiger partial charge in [0.2, 0.25) is 0 Å². The number of benzene rings is 1. The van der Waals surface area contributed by atoms with Crippen LogP contribution in [0.4, 0.5) is 10.1 Å². The van der Waals surface area contributed by atoms with Crippen LogP contribution < -0.4 is 11.1 Å². The zero-order valence-electron chi connectivity index (χ0n) is 13.5. The van der Waals surface area contributed by atoms with Crippen LogP contribution in [-0.2, 0) is 19.0 Å². The van der Waals surface area contributed by atoms with Gasteiger partial charge in [0, 0.05) is 42.9 Å². The van der Waals surface area contributed by atoms with Crippen molar-refractivity contribution < 1.29 is 8.81 Å². The minimum atomic E-state index is -0.598. The summed E-state index contributed by atoms with van der Waals surface area (Å²) in [5, 5.41) is 7.54. The highest BCUT2D eigenvalue weighted by Gasteiger charge is 2.22. The van der Waals surface area contributed by atoms with Crippen LogP contribution in [0.1, 0.15) is 32.0 Å². The number of rotatable bonds is 3. The van der Waals surface area contributed by atoms with Crippen LogP contribution in [0.5, 0.6) is 0 Å². The molecule has 7 heteroatoms. The van der Waals surface area contributed by atoms with Crippen molar-refractivity contribution in [1.82, 2.24) is 14.8 Å². The van der Waals surface area contributed by atoms with E-state index in [4.69, 9.17) is 4.42 Å². The van der Waals surface area contributed by atoms with Gasteiger partial charge >= 0.3 is 5.76 Å². The summed E-state index contributed by atoms with van der Waals surface area (Å²) in [7, 11) is 1.86. The Hall–Kier alpha value is -2.57. The number of nitrogens with one attached hydrogen (secondary N) is 2. The molecule has 2 heterocycles. The molecule has 0 amide bonds. The molecule has 3 aromatic rings. The van der Waals surface area contributed by atoms with E-state index in [2.05, 4.69) is 36.2 Å². The van der Waals surface area contributed by atoms with Gasteiger partial charge in [-0.25, -0.2) is 9.18 Å². The molecule has 0 aliphatic heterocycles. The molecule has 2 N–H and O–H groups in total. The lowest BCUT2D eigenvalue weighted by Gasteiger charge is -2.18. The van der Waals surface area contributed by atoms with Crippen molar-refractivity contribution in [3.05, 3.63) is 46.0 Å². The molecule has 6 nitrogen and oxygen atoms in total. The smallest absolute Gasteiger partial charge is 0.408 e. The Morgan fingerprint density at radius 3 is 2.83 bits per heavy atom. The summed E-state index contributed by atoms with van der Waals surface area (Å²) in [6.45, 7) is 6.68. The van der Waals surface area contributed by atoms with Crippen LogP contribution in [0.3, 0.4) is 0 Å². The van der Waals surface area contributed by atoms with Gasteiger partial charge in [-0.3, -0.25) is 9.67 Å².